The molecule has 0 radical (unpaired) electrons. The van der Waals surface area contributed by atoms with E-state index in [1.54, 1.807) is 12.0 Å². The van der Waals surface area contributed by atoms with E-state index in [-0.39, 0.29) is 23.8 Å². The Labute approximate surface area is 155 Å². The maximum Gasteiger partial charge on any atom is 0.225 e. The second kappa shape index (κ2) is 8.54. The molecule has 1 saturated carbocycles. The minimum absolute atomic E-state index is 0.000862. The zero-order valence-corrected chi connectivity index (χ0v) is 15.4. The lowest BCUT2D eigenvalue weighted by Gasteiger charge is -2.32. The van der Waals surface area contributed by atoms with Gasteiger partial charge in [-0.3, -0.25) is 9.59 Å². The van der Waals surface area contributed by atoms with Crippen LogP contribution in [0.1, 0.15) is 37.7 Å². The van der Waals surface area contributed by atoms with Crippen molar-refractivity contribution in [3.05, 3.63) is 29.8 Å². The number of methoxy groups -OCH3 is 1. The highest BCUT2D eigenvalue weighted by Gasteiger charge is 2.36. The van der Waals surface area contributed by atoms with Crippen LogP contribution in [0.2, 0.25) is 0 Å². The molecule has 3 rings (SSSR count). The van der Waals surface area contributed by atoms with Gasteiger partial charge < -0.3 is 20.7 Å². The molecule has 26 heavy (non-hydrogen) atoms. The van der Waals surface area contributed by atoms with E-state index in [4.69, 9.17) is 10.5 Å². The van der Waals surface area contributed by atoms with Gasteiger partial charge in [0.15, 0.2) is 0 Å². The topological polar surface area (TPSA) is 84.7 Å². The van der Waals surface area contributed by atoms with Crippen molar-refractivity contribution in [3.63, 3.8) is 0 Å². The van der Waals surface area contributed by atoms with Crippen LogP contribution in [0.15, 0.2) is 24.3 Å². The fourth-order valence-corrected chi connectivity index (χ4v) is 4.03. The Morgan fingerprint density at radius 2 is 2.00 bits per heavy atom. The Balaban J connectivity index is 1.55. The summed E-state index contributed by atoms with van der Waals surface area (Å²) in [5.74, 6) is 0.933. The van der Waals surface area contributed by atoms with Gasteiger partial charge in [0.1, 0.15) is 5.75 Å². The first-order valence-electron chi connectivity index (χ1n) is 9.52. The molecule has 1 heterocycles. The average molecular weight is 359 g/mol. The van der Waals surface area contributed by atoms with E-state index in [1.165, 1.54) is 6.42 Å². The van der Waals surface area contributed by atoms with E-state index < -0.39 is 0 Å². The predicted molar refractivity (Wildman–Crippen MR) is 99.5 cm³/mol. The molecule has 0 aromatic heterocycles. The minimum atomic E-state index is -0.263. The molecule has 3 N–H and O–H groups in total. The standard InChI is InChI=1S/C20H29N3O3/c1-26-17-8-6-14(7-9-17)12-23-13-16(10-19(23)24)20(25)22-18-5-3-2-4-15(18)11-21/h6-9,15-16,18H,2-5,10-13,21H2,1H3,(H,22,25). The van der Waals surface area contributed by atoms with Crippen LogP contribution in [0, 0.1) is 11.8 Å². The van der Waals surface area contributed by atoms with E-state index in [9.17, 15) is 9.59 Å². The van der Waals surface area contributed by atoms with Gasteiger partial charge in [-0.25, -0.2) is 0 Å². The second-order valence-electron chi connectivity index (χ2n) is 7.42. The number of carbonyl (C=O) groups excluding carboxylic acids is 2. The summed E-state index contributed by atoms with van der Waals surface area (Å²) in [6, 6.07) is 7.83. The third-order valence-corrected chi connectivity index (χ3v) is 5.66. The molecule has 2 aliphatic rings. The van der Waals surface area contributed by atoms with E-state index >= 15 is 0 Å². The van der Waals surface area contributed by atoms with Gasteiger partial charge in [-0.15, -0.1) is 0 Å². The van der Waals surface area contributed by atoms with E-state index in [0.29, 0.717) is 32.0 Å². The Hall–Kier alpha value is -2.08. The van der Waals surface area contributed by atoms with Crippen molar-refractivity contribution in [1.29, 1.82) is 0 Å². The molecule has 2 fully saturated rings. The fourth-order valence-electron chi connectivity index (χ4n) is 4.03. The molecule has 1 saturated heterocycles. The Morgan fingerprint density at radius 1 is 1.27 bits per heavy atom. The van der Waals surface area contributed by atoms with Crippen LogP contribution >= 0.6 is 0 Å². The summed E-state index contributed by atoms with van der Waals surface area (Å²) in [6.07, 6.45) is 4.68. The van der Waals surface area contributed by atoms with E-state index in [1.807, 2.05) is 24.3 Å². The molecule has 0 spiro atoms. The normalized spacial score (nSPS) is 26.0. The Bertz CT molecular complexity index is 632. The van der Waals surface area contributed by atoms with Gasteiger partial charge in [0.05, 0.1) is 13.0 Å². The Morgan fingerprint density at radius 3 is 2.69 bits per heavy atom. The molecular weight excluding hydrogens is 330 g/mol. The fraction of sp³-hybridized carbons (Fsp3) is 0.600. The van der Waals surface area contributed by atoms with Crippen LogP contribution in [-0.4, -0.2) is 43.0 Å². The second-order valence-corrected chi connectivity index (χ2v) is 7.42. The first kappa shape index (κ1) is 18.7. The highest BCUT2D eigenvalue weighted by Crippen LogP contribution is 2.26. The number of rotatable bonds is 6. The molecule has 6 nitrogen and oxygen atoms in total. The van der Waals surface area contributed by atoms with Gasteiger partial charge in [-0.2, -0.15) is 0 Å². The number of carbonyl (C=O) groups is 2. The third-order valence-electron chi connectivity index (χ3n) is 5.66. The van der Waals surface area contributed by atoms with Crippen molar-refractivity contribution in [3.8, 4) is 5.75 Å². The number of hydrogen-bond acceptors (Lipinski definition) is 4. The lowest BCUT2D eigenvalue weighted by molar-refractivity contribution is -0.129. The van der Waals surface area contributed by atoms with Gasteiger partial charge in [-0.05, 0) is 43.0 Å². The van der Waals surface area contributed by atoms with Gasteiger partial charge in [0, 0.05) is 25.6 Å². The van der Waals surface area contributed by atoms with Gasteiger partial charge in [0.25, 0.3) is 0 Å². The number of nitrogens with one attached hydrogen (secondary N) is 1. The molecule has 6 heteroatoms. The maximum atomic E-state index is 12.7. The van der Waals surface area contributed by atoms with Crippen LogP contribution in [0.25, 0.3) is 0 Å². The van der Waals surface area contributed by atoms with Crippen molar-refractivity contribution in [2.45, 2.75) is 44.7 Å². The monoisotopic (exact) mass is 359 g/mol. The number of ether oxygens (including phenoxy) is 1. The number of nitrogens with zero attached hydrogens (tertiary/aromatic N) is 1. The molecule has 1 aliphatic heterocycles. The van der Waals surface area contributed by atoms with Crippen LogP contribution in [0.3, 0.4) is 0 Å². The van der Waals surface area contributed by atoms with Crippen LogP contribution in [-0.2, 0) is 16.1 Å². The summed E-state index contributed by atoms with van der Waals surface area (Å²) in [7, 11) is 1.63. The van der Waals surface area contributed by atoms with Crippen molar-refractivity contribution in [2.75, 3.05) is 20.2 Å². The molecule has 2 amide bonds. The summed E-state index contributed by atoms with van der Waals surface area (Å²) in [6.45, 7) is 1.62. The van der Waals surface area contributed by atoms with E-state index in [0.717, 1.165) is 30.6 Å². The van der Waals surface area contributed by atoms with Crippen molar-refractivity contribution in [2.24, 2.45) is 17.6 Å². The van der Waals surface area contributed by atoms with Crippen LogP contribution in [0.5, 0.6) is 5.75 Å². The number of likely N-dealkylation sites (tertiary alicyclic amines) is 1. The molecule has 3 unspecified atom stereocenters. The van der Waals surface area contributed by atoms with Crippen molar-refractivity contribution < 1.29 is 14.3 Å². The summed E-state index contributed by atoms with van der Waals surface area (Å²) < 4.78 is 5.16. The zero-order valence-electron chi connectivity index (χ0n) is 15.4. The van der Waals surface area contributed by atoms with Crippen molar-refractivity contribution in [1.82, 2.24) is 10.2 Å². The number of hydrogen-bond donors (Lipinski definition) is 2. The zero-order chi connectivity index (χ0) is 18.5. The number of nitrogens with two attached hydrogens (primary N) is 1. The Kier molecular flexibility index (Phi) is 6.14. The molecule has 1 aromatic carbocycles. The number of benzene rings is 1. The van der Waals surface area contributed by atoms with Crippen molar-refractivity contribution >= 4 is 11.8 Å². The first-order chi connectivity index (χ1) is 12.6. The quantitative estimate of drug-likeness (QED) is 0.809. The highest BCUT2D eigenvalue weighted by atomic mass is 16.5. The summed E-state index contributed by atoms with van der Waals surface area (Å²) in [4.78, 5) is 26.8. The van der Waals surface area contributed by atoms with Crippen LogP contribution in [0.4, 0.5) is 0 Å². The van der Waals surface area contributed by atoms with Gasteiger partial charge in [0.2, 0.25) is 11.8 Å². The molecule has 1 aliphatic carbocycles. The smallest absolute Gasteiger partial charge is 0.225 e. The van der Waals surface area contributed by atoms with Gasteiger partial charge in [-0.1, -0.05) is 25.0 Å². The molecular formula is C20H29N3O3. The lowest BCUT2D eigenvalue weighted by atomic mass is 9.84. The number of amides is 2. The maximum absolute atomic E-state index is 12.7. The summed E-state index contributed by atoms with van der Waals surface area (Å²) in [5, 5.41) is 3.17. The summed E-state index contributed by atoms with van der Waals surface area (Å²) >= 11 is 0. The largest absolute Gasteiger partial charge is 0.497 e. The third kappa shape index (κ3) is 4.36. The average Bonchev–Trinajstić information content (AvgIpc) is 3.03. The summed E-state index contributed by atoms with van der Waals surface area (Å²) in [5.41, 5.74) is 6.89. The van der Waals surface area contributed by atoms with Gasteiger partial charge >= 0.3 is 0 Å². The lowest BCUT2D eigenvalue weighted by Crippen LogP contribution is -2.47. The molecule has 0 bridgehead atoms. The predicted octanol–water partition coefficient (Wildman–Crippen LogP) is 1.68. The SMILES string of the molecule is COc1ccc(CN2CC(C(=O)NC3CCCCC3CN)CC2=O)cc1. The van der Waals surface area contributed by atoms with E-state index in [2.05, 4.69) is 5.32 Å². The first-order valence-corrected chi connectivity index (χ1v) is 9.52. The molecule has 3 atom stereocenters. The van der Waals surface area contributed by atoms with Crippen LogP contribution < -0.4 is 15.8 Å². The molecule has 1 aromatic rings. The molecule has 142 valence electrons. The highest BCUT2D eigenvalue weighted by molar-refractivity contribution is 5.89. The minimum Gasteiger partial charge on any atom is -0.497 e.